The largest absolute Gasteiger partial charge is 0.497 e. The molecule has 2 aliphatic rings. The first-order chi connectivity index (χ1) is 14.3. The number of carbonyl (C=O) groups excluding carboxylic acids is 3. The van der Waals surface area contributed by atoms with E-state index in [0.29, 0.717) is 34.0 Å². The second kappa shape index (κ2) is 6.98. The molecule has 30 heavy (non-hydrogen) atoms. The SMILES string of the molecule is COc1ccc(C2=NN(C(C)=O)C3(C2)C(=O)N(C(C)=O)c2ccccc23)c(OC)c1. The van der Waals surface area contributed by atoms with Crippen molar-refractivity contribution in [2.45, 2.75) is 25.8 Å². The van der Waals surface area contributed by atoms with Gasteiger partial charge in [-0.3, -0.25) is 14.4 Å². The molecule has 0 aliphatic carbocycles. The Hall–Kier alpha value is -3.68. The number of ether oxygens (including phenoxy) is 2. The van der Waals surface area contributed by atoms with Crippen molar-refractivity contribution in [3.63, 3.8) is 0 Å². The van der Waals surface area contributed by atoms with E-state index in [1.54, 1.807) is 49.6 Å². The molecule has 0 saturated heterocycles. The minimum absolute atomic E-state index is 0.120. The van der Waals surface area contributed by atoms with Crippen molar-refractivity contribution in [3.8, 4) is 11.5 Å². The van der Waals surface area contributed by atoms with Crippen LogP contribution in [0, 0.1) is 0 Å². The van der Waals surface area contributed by atoms with Crippen LogP contribution in [0.5, 0.6) is 11.5 Å². The number of hydrazone groups is 1. The summed E-state index contributed by atoms with van der Waals surface area (Å²) in [4.78, 5) is 39.6. The highest BCUT2D eigenvalue weighted by molar-refractivity contribution is 6.25. The Morgan fingerprint density at radius 2 is 1.77 bits per heavy atom. The number of carbonyl (C=O) groups is 3. The summed E-state index contributed by atoms with van der Waals surface area (Å²) in [5, 5.41) is 5.71. The van der Waals surface area contributed by atoms with Gasteiger partial charge in [0.15, 0.2) is 5.54 Å². The molecule has 2 aliphatic heterocycles. The Morgan fingerprint density at radius 3 is 2.40 bits per heavy atom. The first-order valence-electron chi connectivity index (χ1n) is 9.40. The number of nitrogens with zero attached hydrogens (tertiary/aromatic N) is 3. The summed E-state index contributed by atoms with van der Waals surface area (Å²) in [6.07, 6.45) is 0.120. The highest BCUT2D eigenvalue weighted by Gasteiger charge is 2.60. The molecule has 0 aromatic heterocycles. The van der Waals surface area contributed by atoms with Crippen LogP contribution in [0.25, 0.3) is 0 Å². The maximum absolute atomic E-state index is 13.6. The molecule has 2 aromatic rings. The van der Waals surface area contributed by atoms with E-state index < -0.39 is 23.3 Å². The van der Waals surface area contributed by atoms with Crippen LogP contribution in [-0.4, -0.2) is 42.7 Å². The number of amides is 3. The average Bonchev–Trinajstić information content (AvgIpc) is 3.25. The number of anilines is 1. The number of methoxy groups -OCH3 is 2. The molecular formula is C22H21N3O5. The van der Waals surface area contributed by atoms with Crippen LogP contribution < -0.4 is 14.4 Å². The molecule has 1 atom stereocenters. The summed E-state index contributed by atoms with van der Waals surface area (Å²) in [6, 6.07) is 12.2. The zero-order valence-electron chi connectivity index (χ0n) is 17.1. The number of benzene rings is 2. The average molecular weight is 407 g/mol. The molecule has 8 heteroatoms. The van der Waals surface area contributed by atoms with Gasteiger partial charge in [0.05, 0.1) is 25.6 Å². The van der Waals surface area contributed by atoms with Crippen molar-refractivity contribution in [1.82, 2.24) is 5.01 Å². The van der Waals surface area contributed by atoms with Crippen molar-refractivity contribution in [2.75, 3.05) is 19.1 Å². The fraction of sp³-hybridized carbons (Fsp3) is 0.273. The zero-order valence-corrected chi connectivity index (χ0v) is 17.1. The molecular weight excluding hydrogens is 386 g/mol. The second-order valence-corrected chi connectivity index (χ2v) is 7.16. The predicted octanol–water partition coefficient (Wildman–Crippen LogP) is 2.45. The molecule has 0 bridgehead atoms. The Balaban J connectivity index is 1.89. The molecule has 8 nitrogen and oxygen atoms in total. The lowest BCUT2D eigenvalue weighted by atomic mass is 9.85. The van der Waals surface area contributed by atoms with E-state index in [1.807, 2.05) is 0 Å². The molecule has 2 heterocycles. The smallest absolute Gasteiger partial charge is 0.266 e. The summed E-state index contributed by atoms with van der Waals surface area (Å²) in [7, 11) is 3.08. The normalized spacial score (nSPS) is 19.7. The molecule has 3 amide bonds. The van der Waals surface area contributed by atoms with Gasteiger partial charge < -0.3 is 9.47 Å². The van der Waals surface area contributed by atoms with Crippen LogP contribution >= 0.6 is 0 Å². The van der Waals surface area contributed by atoms with Crippen LogP contribution in [-0.2, 0) is 19.9 Å². The van der Waals surface area contributed by atoms with Gasteiger partial charge in [-0.1, -0.05) is 18.2 Å². The van der Waals surface area contributed by atoms with E-state index in [-0.39, 0.29) is 6.42 Å². The number of hydrogen-bond acceptors (Lipinski definition) is 6. The Kier molecular flexibility index (Phi) is 4.57. The van der Waals surface area contributed by atoms with E-state index in [2.05, 4.69) is 5.10 Å². The topological polar surface area (TPSA) is 88.5 Å². The van der Waals surface area contributed by atoms with Gasteiger partial charge in [0.25, 0.3) is 5.91 Å². The lowest BCUT2D eigenvalue weighted by Gasteiger charge is -2.30. The fourth-order valence-electron chi connectivity index (χ4n) is 4.20. The minimum atomic E-state index is -1.41. The first-order valence-corrected chi connectivity index (χ1v) is 9.40. The van der Waals surface area contributed by atoms with Crippen LogP contribution in [0.3, 0.4) is 0 Å². The third kappa shape index (κ3) is 2.60. The van der Waals surface area contributed by atoms with Crippen molar-refractivity contribution < 1.29 is 23.9 Å². The van der Waals surface area contributed by atoms with E-state index in [0.717, 1.165) is 4.90 Å². The molecule has 4 rings (SSSR count). The molecule has 0 saturated carbocycles. The quantitative estimate of drug-likeness (QED) is 0.780. The van der Waals surface area contributed by atoms with Gasteiger partial charge >= 0.3 is 0 Å². The Bertz CT molecular complexity index is 1110. The summed E-state index contributed by atoms with van der Waals surface area (Å²) < 4.78 is 10.7. The van der Waals surface area contributed by atoms with Gasteiger partial charge in [0.2, 0.25) is 11.8 Å². The van der Waals surface area contributed by atoms with Crippen LogP contribution in [0.2, 0.25) is 0 Å². The van der Waals surface area contributed by atoms with Gasteiger partial charge in [-0.15, -0.1) is 0 Å². The summed E-state index contributed by atoms with van der Waals surface area (Å²) in [6.45, 7) is 2.68. The molecule has 0 radical (unpaired) electrons. The molecule has 154 valence electrons. The van der Waals surface area contributed by atoms with Gasteiger partial charge in [-0.2, -0.15) is 5.10 Å². The van der Waals surface area contributed by atoms with E-state index in [4.69, 9.17) is 9.47 Å². The molecule has 1 spiro atoms. The standard InChI is InChI=1S/C22H21N3O5/c1-13(26)24-19-8-6-5-7-17(19)22(21(24)28)12-18(23-25(22)14(2)27)16-10-9-15(29-3)11-20(16)30-4/h5-11H,12H2,1-4H3. The predicted molar refractivity (Wildman–Crippen MR) is 110 cm³/mol. The van der Waals surface area contributed by atoms with Gasteiger partial charge in [-0.25, -0.2) is 9.91 Å². The highest BCUT2D eigenvalue weighted by Crippen LogP contribution is 2.50. The Morgan fingerprint density at radius 1 is 1.03 bits per heavy atom. The zero-order chi connectivity index (χ0) is 21.6. The van der Waals surface area contributed by atoms with E-state index >= 15 is 0 Å². The van der Waals surface area contributed by atoms with Crippen molar-refractivity contribution in [3.05, 3.63) is 53.6 Å². The molecule has 0 N–H and O–H groups in total. The lowest BCUT2D eigenvalue weighted by Crippen LogP contribution is -2.51. The summed E-state index contributed by atoms with van der Waals surface area (Å²) >= 11 is 0. The number of fused-ring (bicyclic) bond motifs is 2. The maximum atomic E-state index is 13.6. The first kappa shape index (κ1) is 19.6. The summed E-state index contributed by atoms with van der Waals surface area (Å²) in [5.41, 5.74) is 0.797. The molecule has 2 aromatic carbocycles. The Labute approximate surface area is 173 Å². The van der Waals surface area contributed by atoms with Crippen LogP contribution in [0.1, 0.15) is 31.4 Å². The number of hydrogen-bond donors (Lipinski definition) is 0. The minimum Gasteiger partial charge on any atom is -0.497 e. The monoisotopic (exact) mass is 407 g/mol. The van der Waals surface area contributed by atoms with Gasteiger partial charge in [-0.05, 0) is 18.2 Å². The third-order valence-corrected chi connectivity index (χ3v) is 5.49. The fourth-order valence-corrected chi connectivity index (χ4v) is 4.20. The molecule has 0 fully saturated rings. The number of imide groups is 1. The van der Waals surface area contributed by atoms with Crippen molar-refractivity contribution in [2.24, 2.45) is 5.10 Å². The summed E-state index contributed by atoms with van der Waals surface area (Å²) in [5.74, 6) is -0.180. The number of para-hydroxylation sites is 1. The van der Waals surface area contributed by atoms with Crippen molar-refractivity contribution in [1.29, 1.82) is 0 Å². The third-order valence-electron chi connectivity index (χ3n) is 5.49. The van der Waals surface area contributed by atoms with Crippen LogP contribution in [0.15, 0.2) is 47.6 Å². The lowest BCUT2D eigenvalue weighted by molar-refractivity contribution is -0.144. The number of rotatable bonds is 3. The highest BCUT2D eigenvalue weighted by atomic mass is 16.5. The molecule has 1 unspecified atom stereocenters. The van der Waals surface area contributed by atoms with Gasteiger partial charge in [0.1, 0.15) is 11.5 Å². The van der Waals surface area contributed by atoms with Gasteiger partial charge in [0, 0.05) is 37.5 Å². The van der Waals surface area contributed by atoms with E-state index in [1.165, 1.54) is 26.0 Å². The van der Waals surface area contributed by atoms with E-state index in [9.17, 15) is 14.4 Å². The maximum Gasteiger partial charge on any atom is 0.266 e. The second-order valence-electron chi connectivity index (χ2n) is 7.16. The van der Waals surface area contributed by atoms with Crippen molar-refractivity contribution >= 4 is 29.1 Å². The van der Waals surface area contributed by atoms with Crippen LogP contribution in [0.4, 0.5) is 5.69 Å².